The number of hydrogen-bond donors (Lipinski definition) is 1. The van der Waals surface area contributed by atoms with E-state index in [0.29, 0.717) is 6.04 Å². The van der Waals surface area contributed by atoms with Crippen LogP contribution in [0.3, 0.4) is 0 Å². The van der Waals surface area contributed by atoms with Gasteiger partial charge >= 0.3 is 6.09 Å². The van der Waals surface area contributed by atoms with Gasteiger partial charge in [0.05, 0.1) is 0 Å². The van der Waals surface area contributed by atoms with Crippen molar-refractivity contribution in [2.75, 3.05) is 19.6 Å². The van der Waals surface area contributed by atoms with Crippen LogP contribution in [0.4, 0.5) is 4.79 Å². The molecule has 0 bridgehead atoms. The second kappa shape index (κ2) is 6.99. The van der Waals surface area contributed by atoms with Crippen LogP contribution in [0.15, 0.2) is 0 Å². The molecule has 0 aromatic rings. The summed E-state index contributed by atoms with van der Waals surface area (Å²) in [5.74, 6) is 1.70. The van der Waals surface area contributed by atoms with Gasteiger partial charge in [0.25, 0.3) is 0 Å². The van der Waals surface area contributed by atoms with Gasteiger partial charge in [-0.05, 0) is 71.3 Å². The molecule has 1 amide bonds. The summed E-state index contributed by atoms with van der Waals surface area (Å²) in [5.41, 5.74) is -0.410. The Kier molecular flexibility index (Phi) is 5.53. The largest absolute Gasteiger partial charge is 0.444 e. The summed E-state index contributed by atoms with van der Waals surface area (Å²) in [7, 11) is 0. The number of nitrogens with zero attached hydrogens (tertiary/aromatic N) is 1. The SMILES string of the molecule is CC(CNCC1CCCCN1C(=O)OC(C)(C)C)C1CC1. The Labute approximate surface area is 129 Å². The van der Waals surface area contributed by atoms with E-state index in [2.05, 4.69) is 12.2 Å². The fourth-order valence-electron chi connectivity index (χ4n) is 3.08. The highest BCUT2D eigenvalue weighted by Gasteiger charge is 2.31. The third-order valence-corrected chi connectivity index (χ3v) is 4.53. The average Bonchev–Trinajstić information content (AvgIpc) is 3.21. The maximum absolute atomic E-state index is 12.3. The molecule has 2 fully saturated rings. The molecule has 0 spiro atoms. The molecule has 21 heavy (non-hydrogen) atoms. The minimum atomic E-state index is -0.410. The second-order valence-electron chi connectivity index (χ2n) is 7.80. The Morgan fingerprint density at radius 2 is 2.00 bits per heavy atom. The zero-order valence-electron chi connectivity index (χ0n) is 14.2. The lowest BCUT2D eigenvalue weighted by molar-refractivity contribution is 0.00988. The first kappa shape index (κ1) is 16.6. The molecule has 4 nitrogen and oxygen atoms in total. The third-order valence-electron chi connectivity index (χ3n) is 4.53. The quantitative estimate of drug-likeness (QED) is 0.845. The molecule has 2 atom stereocenters. The van der Waals surface area contributed by atoms with Crippen molar-refractivity contribution >= 4 is 6.09 Å². The lowest BCUT2D eigenvalue weighted by Crippen LogP contribution is -2.50. The molecule has 0 aromatic heterocycles. The number of ether oxygens (including phenoxy) is 1. The summed E-state index contributed by atoms with van der Waals surface area (Å²) in [6.07, 6.45) is 6.04. The van der Waals surface area contributed by atoms with E-state index in [1.165, 1.54) is 19.3 Å². The number of carbonyl (C=O) groups is 1. The van der Waals surface area contributed by atoms with E-state index in [0.717, 1.165) is 44.3 Å². The van der Waals surface area contributed by atoms with Crippen LogP contribution in [0.5, 0.6) is 0 Å². The molecule has 122 valence electrons. The lowest BCUT2D eigenvalue weighted by Gasteiger charge is -2.37. The Bertz CT molecular complexity index is 347. The molecular weight excluding hydrogens is 264 g/mol. The number of rotatable bonds is 5. The lowest BCUT2D eigenvalue weighted by atomic mass is 10.0. The molecule has 2 unspecified atom stereocenters. The molecule has 1 heterocycles. The van der Waals surface area contributed by atoms with Crippen LogP contribution >= 0.6 is 0 Å². The van der Waals surface area contributed by atoms with Gasteiger partial charge in [-0.3, -0.25) is 0 Å². The topological polar surface area (TPSA) is 41.6 Å². The third kappa shape index (κ3) is 5.50. The van der Waals surface area contributed by atoms with Gasteiger partial charge in [-0.2, -0.15) is 0 Å². The molecule has 0 radical (unpaired) electrons. The first-order chi connectivity index (χ1) is 9.87. The zero-order valence-corrected chi connectivity index (χ0v) is 14.2. The van der Waals surface area contributed by atoms with E-state index in [-0.39, 0.29) is 6.09 Å². The fourth-order valence-corrected chi connectivity index (χ4v) is 3.08. The van der Waals surface area contributed by atoms with Gasteiger partial charge in [0.1, 0.15) is 5.60 Å². The van der Waals surface area contributed by atoms with Crippen molar-refractivity contribution < 1.29 is 9.53 Å². The van der Waals surface area contributed by atoms with Gasteiger partial charge < -0.3 is 15.0 Å². The van der Waals surface area contributed by atoms with Gasteiger partial charge in [-0.25, -0.2) is 4.79 Å². The van der Waals surface area contributed by atoms with Gasteiger partial charge in [0.15, 0.2) is 0 Å². The van der Waals surface area contributed by atoms with Crippen molar-refractivity contribution in [1.82, 2.24) is 10.2 Å². The highest BCUT2D eigenvalue weighted by atomic mass is 16.6. The molecular formula is C17H32N2O2. The standard InChI is InChI=1S/C17H32N2O2/c1-13(14-8-9-14)11-18-12-15-7-5-6-10-19(15)16(20)21-17(2,3)4/h13-15,18H,5-12H2,1-4H3. The Morgan fingerprint density at radius 3 is 2.62 bits per heavy atom. The van der Waals surface area contributed by atoms with Gasteiger partial charge in [0.2, 0.25) is 0 Å². The molecule has 1 aliphatic carbocycles. The first-order valence-electron chi connectivity index (χ1n) is 8.57. The van der Waals surface area contributed by atoms with Crippen LogP contribution in [-0.2, 0) is 4.74 Å². The second-order valence-corrected chi connectivity index (χ2v) is 7.80. The van der Waals surface area contributed by atoms with Crippen LogP contribution < -0.4 is 5.32 Å². The number of likely N-dealkylation sites (tertiary alicyclic amines) is 1. The minimum absolute atomic E-state index is 0.149. The van der Waals surface area contributed by atoms with Crippen molar-refractivity contribution in [2.24, 2.45) is 11.8 Å². The molecule has 2 rings (SSSR count). The van der Waals surface area contributed by atoms with Crippen LogP contribution in [-0.4, -0.2) is 42.3 Å². The van der Waals surface area contributed by atoms with E-state index in [1.54, 1.807) is 0 Å². The van der Waals surface area contributed by atoms with E-state index in [4.69, 9.17) is 4.74 Å². The summed E-state index contributed by atoms with van der Waals surface area (Å²) in [6, 6.07) is 0.292. The fraction of sp³-hybridized carbons (Fsp3) is 0.941. The smallest absolute Gasteiger partial charge is 0.410 e. The predicted octanol–water partition coefficient (Wildman–Crippen LogP) is 3.41. The van der Waals surface area contributed by atoms with Crippen molar-refractivity contribution in [2.45, 2.75) is 71.4 Å². The highest BCUT2D eigenvalue weighted by Crippen LogP contribution is 2.36. The van der Waals surface area contributed by atoms with E-state index in [1.807, 2.05) is 25.7 Å². The van der Waals surface area contributed by atoms with Gasteiger partial charge in [-0.15, -0.1) is 0 Å². The molecule has 1 saturated heterocycles. The van der Waals surface area contributed by atoms with Crippen molar-refractivity contribution in [3.63, 3.8) is 0 Å². The highest BCUT2D eigenvalue weighted by molar-refractivity contribution is 5.68. The van der Waals surface area contributed by atoms with Crippen LogP contribution in [0.2, 0.25) is 0 Å². The first-order valence-corrected chi connectivity index (χ1v) is 8.57. The summed E-state index contributed by atoms with van der Waals surface area (Å²) in [5, 5.41) is 3.57. The predicted molar refractivity (Wildman–Crippen MR) is 85.3 cm³/mol. The normalized spacial score (nSPS) is 24.8. The van der Waals surface area contributed by atoms with E-state index < -0.39 is 5.60 Å². The number of nitrogens with one attached hydrogen (secondary N) is 1. The van der Waals surface area contributed by atoms with E-state index >= 15 is 0 Å². The molecule has 2 aliphatic rings. The molecule has 1 saturated carbocycles. The zero-order chi connectivity index (χ0) is 15.5. The van der Waals surface area contributed by atoms with Crippen molar-refractivity contribution in [3.05, 3.63) is 0 Å². The molecule has 0 aromatic carbocycles. The van der Waals surface area contributed by atoms with Gasteiger partial charge in [-0.1, -0.05) is 6.92 Å². The van der Waals surface area contributed by atoms with Crippen LogP contribution in [0.1, 0.15) is 59.8 Å². The van der Waals surface area contributed by atoms with Crippen LogP contribution in [0, 0.1) is 11.8 Å². The van der Waals surface area contributed by atoms with Gasteiger partial charge in [0, 0.05) is 19.1 Å². The number of hydrogen-bond acceptors (Lipinski definition) is 3. The Hall–Kier alpha value is -0.770. The molecule has 4 heteroatoms. The average molecular weight is 296 g/mol. The summed E-state index contributed by atoms with van der Waals surface area (Å²) in [6.45, 7) is 10.9. The summed E-state index contributed by atoms with van der Waals surface area (Å²) < 4.78 is 5.54. The minimum Gasteiger partial charge on any atom is -0.444 e. The number of amides is 1. The van der Waals surface area contributed by atoms with Crippen molar-refractivity contribution in [3.8, 4) is 0 Å². The van der Waals surface area contributed by atoms with Crippen LogP contribution in [0.25, 0.3) is 0 Å². The molecule has 1 N–H and O–H groups in total. The maximum atomic E-state index is 12.3. The summed E-state index contributed by atoms with van der Waals surface area (Å²) >= 11 is 0. The number of carbonyl (C=O) groups excluding carboxylic acids is 1. The Morgan fingerprint density at radius 1 is 1.29 bits per heavy atom. The Balaban J connectivity index is 1.78. The monoisotopic (exact) mass is 296 g/mol. The van der Waals surface area contributed by atoms with Crippen molar-refractivity contribution in [1.29, 1.82) is 0 Å². The van der Waals surface area contributed by atoms with E-state index in [9.17, 15) is 4.79 Å². The number of piperidine rings is 1. The molecule has 1 aliphatic heterocycles. The summed E-state index contributed by atoms with van der Waals surface area (Å²) in [4.78, 5) is 14.2. The maximum Gasteiger partial charge on any atom is 0.410 e.